The second-order valence-electron chi connectivity index (χ2n) is 10.0. The van der Waals surface area contributed by atoms with Gasteiger partial charge in [-0.15, -0.1) is 0 Å². The van der Waals surface area contributed by atoms with Crippen molar-refractivity contribution in [2.75, 3.05) is 24.5 Å². The van der Waals surface area contributed by atoms with Crippen LogP contribution in [0.1, 0.15) is 37.0 Å². The van der Waals surface area contributed by atoms with Crippen molar-refractivity contribution < 1.29 is 4.79 Å². The summed E-state index contributed by atoms with van der Waals surface area (Å²) in [6, 6.07) is 13.9. The molecule has 1 aromatic carbocycles. The van der Waals surface area contributed by atoms with Crippen LogP contribution in [0.4, 0.5) is 5.82 Å². The summed E-state index contributed by atoms with van der Waals surface area (Å²) in [6.07, 6.45) is 5.38. The van der Waals surface area contributed by atoms with E-state index in [0.29, 0.717) is 44.6 Å². The van der Waals surface area contributed by atoms with Crippen LogP contribution in [-0.4, -0.2) is 44.1 Å². The number of thiocarbonyl (C=S) groups is 1. The first-order valence-corrected chi connectivity index (χ1v) is 13.6. The first kappa shape index (κ1) is 24.7. The van der Waals surface area contributed by atoms with Crippen LogP contribution in [0.3, 0.4) is 0 Å². The number of pyridine rings is 1. The lowest BCUT2D eigenvalue weighted by atomic mass is 9.91. The van der Waals surface area contributed by atoms with Gasteiger partial charge in [-0.3, -0.25) is 18.9 Å². The van der Waals surface area contributed by atoms with Crippen LogP contribution in [0, 0.1) is 18.8 Å². The molecule has 0 radical (unpaired) electrons. The molecule has 186 valence electrons. The van der Waals surface area contributed by atoms with Gasteiger partial charge in [0, 0.05) is 25.8 Å². The number of carbonyl (C=O) groups is 1. The second kappa shape index (κ2) is 10.2. The van der Waals surface area contributed by atoms with Crippen molar-refractivity contribution in [2.45, 2.75) is 33.6 Å². The Morgan fingerprint density at radius 3 is 2.53 bits per heavy atom. The first-order chi connectivity index (χ1) is 17.3. The number of piperidine rings is 1. The predicted octanol–water partition coefficient (Wildman–Crippen LogP) is 4.93. The number of hydrogen-bond donors (Lipinski definition) is 0. The lowest BCUT2D eigenvalue weighted by Gasteiger charge is -2.36. The van der Waals surface area contributed by atoms with Gasteiger partial charge in [-0.05, 0) is 54.9 Å². The summed E-state index contributed by atoms with van der Waals surface area (Å²) in [5.74, 6) is 1.49. The lowest BCUT2D eigenvalue weighted by molar-refractivity contribution is -0.122. The molecular formula is C28H30N4O2S2. The largest absolute Gasteiger partial charge is 0.355 e. The van der Waals surface area contributed by atoms with Gasteiger partial charge in [0.1, 0.15) is 15.8 Å². The molecule has 2 aromatic heterocycles. The van der Waals surface area contributed by atoms with Crippen LogP contribution < -0.4 is 10.5 Å². The number of hydrogen-bond acceptors (Lipinski definition) is 6. The van der Waals surface area contributed by atoms with Crippen LogP contribution in [0.2, 0.25) is 0 Å². The molecule has 0 N–H and O–H groups in total. The Morgan fingerprint density at radius 1 is 1.08 bits per heavy atom. The van der Waals surface area contributed by atoms with Crippen molar-refractivity contribution in [3.8, 4) is 0 Å². The molecule has 0 aliphatic carbocycles. The lowest BCUT2D eigenvalue weighted by Crippen LogP contribution is -2.40. The van der Waals surface area contributed by atoms with E-state index in [-0.39, 0.29) is 11.5 Å². The molecule has 0 saturated carbocycles. The minimum absolute atomic E-state index is 0.152. The summed E-state index contributed by atoms with van der Waals surface area (Å²) in [5.41, 5.74) is 3.01. The fourth-order valence-electron chi connectivity index (χ4n) is 5.16. The molecule has 36 heavy (non-hydrogen) atoms. The average molecular weight is 519 g/mol. The Morgan fingerprint density at radius 2 is 1.81 bits per heavy atom. The molecule has 0 bridgehead atoms. The van der Waals surface area contributed by atoms with E-state index in [9.17, 15) is 9.59 Å². The van der Waals surface area contributed by atoms with E-state index in [2.05, 4.69) is 18.7 Å². The molecule has 4 heterocycles. The molecule has 1 amide bonds. The number of aromatic nitrogens is 2. The summed E-state index contributed by atoms with van der Waals surface area (Å²) < 4.78 is 2.10. The Kier molecular flexibility index (Phi) is 6.99. The maximum absolute atomic E-state index is 13.8. The Balaban J connectivity index is 1.53. The van der Waals surface area contributed by atoms with Crippen molar-refractivity contribution in [1.82, 2.24) is 14.3 Å². The normalized spacial score (nSPS) is 21.7. The van der Waals surface area contributed by atoms with E-state index in [1.807, 2.05) is 49.4 Å². The zero-order valence-corrected chi connectivity index (χ0v) is 22.4. The van der Waals surface area contributed by atoms with Gasteiger partial charge >= 0.3 is 0 Å². The Bertz CT molecular complexity index is 1410. The maximum Gasteiger partial charge on any atom is 0.267 e. The quantitative estimate of drug-likeness (QED) is 0.353. The van der Waals surface area contributed by atoms with E-state index in [4.69, 9.17) is 17.2 Å². The topological polar surface area (TPSA) is 57.9 Å². The zero-order chi connectivity index (χ0) is 25.4. The molecule has 3 aromatic rings. The van der Waals surface area contributed by atoms with Gasteiger partial charge in [0.05, 0.1) is 10.5 Å². The number of rotatable bonds is 5. The van der Waals surface area contributed by atoms with E-state index in [1.54, 1.807) is 21.6 Å². The number of amides is 1. The minimum atomic E-state index is -0.167. The molecule has 6 nitrogen and oxygen atoms in total. The number of aryl methyl sites for hydroxylation is 1. The third-order valence-corrected chi connectivity index (χ3v) is 8.15. The van der Waals surface area contributed by atoms with Crippen molar-refractivity contribution in [3.05, 3.63) is 80.6 Å². The van der Waals surface area contributed by atoms with E-state index in [1.165, 1.54) is 11.8 Å². The third-order valence-electron chi connectivity index (χ3n) is 6.77. The number of anilines is 1. The van der Waals surface area contributed by atoms with Crippen LogP contribution in [-0.2, 0) is 11.2 Å². The van der Waals surface area contributed by atoms with Crippen molar-refractivity contribution in [1.29, 1.82) is 0 Å². The van der Waals surface area contributed by atoms with Crippen LogP contribution in [0.5, 0.6) is 0 Å². The van der Waals surface area contributed by atoms with Crippen LogP contribution in [0.15, 0.2) is 58.4 Å². The number of fused-ring (bicyclic) bond motifs is 1. The molecule has 2 aliphatic heterocycles. The SMILES string of the molecule is Cc1ccc2nc(N3CC(C)CC(C)C3)c(/C=C3\SC(=S)N(CCc4ccccc4)C3=O)c(=O)n2c1. The van der Waals surface area contributed by atoms with Crippen LogP contribution >= 0.6 is 24.0 Å². The average Bonchev–Trinajstić information content (AvgIpc) is 3.11. The number of nitrogens with zero attached hydrogens (tertiary/aromatic N) is 4. The molecule has 5 rings (SSSR count). The highest BCUT2D eigenvalue weighted by Gasteiger charge is 2.33. The number of carbonyl (C=O) groups excluding carboxylic acids is 1. The predicted molar refractivity (Wildman–Crippen MR) is 151 cm³/mol. The van der Waals surface area contributed by atoms with Crippen molar-refractivity contribution in [3.63, 3.8) is 0 Å². The van der Waals surface area contributed by atoms with E-state index in [0.717, 1.165) is 37.1 Å². The summed E-state index contributed by atoms with van der Waals surface area (Å²) in [5, 5.41) is 0. The molecule has 8 heteroatoms. The maximum atomic E-state index is 13.8. The monoisotopic (exact) mass is 518 g/mol. The smallest absolute Gasteiger partial charge is 0.267 e. The summed E-state index contributed by atoms with van der Waals surface area (Å²) >= 11 is 6.82. The van der Waals surface area contributed by atoms with Gasteiger partial charge < -0.3 is 4.90 Å². The Labute approximate surface area is 221 Å². The van der Waals surface area contributed by atoms with Crippen molar-refractivity contribution >= 4 is 51.7 Å². The highest BCUT2D eigenvalue weighted by atomic mass is 32.2. The van der Waals surface area contributed by atoms with Gasteiger partial charge in [-0.2, -0.15) is 0 Å². The molecule has 2 fully saturated rings. The number of thioether (sulfide) groups is 1. The molecule has 0 spiro atoms. The molecule has 2 aliphatic rings. The summed E-state index contributed by atoms with van der Waals surface area (Å²) in [7, 11) is 0. The molecule has 2 saturated heterocycles. The fourth-order valence-corrected chi connectivity index (χ4v) is 6.45. The van der Waals surface area contributed by atoms with Crippen molar-refractivity contribution in [2.24, 2.45) is 11.8 Å². The van der Waals surface area contributed by atoms with E-state index < -0.39 is 0 Å². The molecular weight excluding hydrogens is 488 g/mol. The molecule has 2 atom stereocenters. The Hall–Kier alpha value is -2.97. The zero-order valence-electron chi connectivity index (χ0n) is 20.8. The van der Waals surface area contributed by atoms with Gasteiger partial charge in [0.15, 0.2) is 0 Å². The van der Waals surface area contributed by atoms with E-state index >= 15 is 0 Å². The highest BCUT2D eigenvalue weighted by Crippen LogP contribution is 2.34. The standard InChI is InChI=1S/C28H30N4O2S2/c1-18-9-10-24-29-25(30-15-19(2)13-20(3)16-30)22(26(33)32(24)17-18)14-23-27(34)31(28(35)36-23)12-11-21-7-5-4-6-8-21/h4-10,14,17,19-20H,11-13,15-16H2,1-3H3/b23-14-. The number of benzene rings is 1. The van der Waals surface area contributed by atoms with Gasteiger partial charge in [-0.25, -0.2) is 4.98 Å². The van der Waals surface area contributed by atoms with Gasteiger partial charge in [0.2, 0.25) is 0 Å². The first-order valence-electron chi connectivity index (χ1n) is 12.4. The summed E-state index contributed by atoms with van der Waals surface area (Å²) in [4.78, 5) is 36.4. The third kappa shape index (κ3) is 4.97. The molecule has 2 unspecified atom stereocenters. The van der Waals surface area contributed by atoms with Gasteiger partial charge in [-0.1, -0.05) is 74.2 Å². The van der Waals surface area contributed by atoms with Crippen LogP contribution in [0.25, 0.3) is 11.7 Å². The van der Waals surface area contributed by atoms with Gasteiger partial charge in [0.25, 0.3) is 11.5 Å². The second-order valence-corrected chi connectivity index (χ2v) is 11.7. The summed E-state index contributed by atoms with van der Waals surface area (Å²) in [6.45, 7) is 8.59. The minimum Gasteiger partial charge on any atom is -0.355 e. The highest BCUT2D eigenvalue weighted by molar-refractivity contribution is 8.26. The fraction of sp³-hybridized carbons (Fsp3) is 0.357.